The van der Waals surface area contributed by atoms with Gasteiger partial charge in [-0.3, -0.25) is 0 Å². The van der Waals surface area contributed by atoms with Crippen LogP contribution in [0.2, 0.25) is 0 Å². The molecule has 1 unspecified atom stereocenters. The molecular weight excluding hydrogens is 154 g/mol. The van der Waals surface area contributed by atoms with Crippen LogP contribution in [0.4, 0.5) is 8.78 Å². The minimum absolute atomic E-state index is 0.0718. The van der Waals surface area contributed by atoms with Gasteiger partial charge < -0.3 is 16.2 Å². The fourth-order valence-corrected chi connectivity index (χ4v) is 0.566. The topological polar surface area (TPSA) is 58.3 Å². The summed E-state index contributed by atoms with van der Waals surface area (Å²) in [6.45, 7) is 1.02. The zero-order valence-electron chi connectivity index (χ0n) is 6.26. The van der Waals surface area contributed by atoms with Gasteiger partial charge in [-0.1, -0.05) is 0 Å². The molecule has 0 rings (SSSR count). The number of aliphatic hydroxyl groups is 1. The van der Waals surface area contributed by atoms with Crippen LogP contribution in [0.5, 0.6) is 0 Å². The molecule has 0 saturated heterocycles. The molecule has 0 amide bonds. The molecule has 3 nitrogen and oxygen atoms in total. The molecule has 1 atom stereocenters. The van der Waals surface area contributed by atoms with Crippen LogP contribution in [0.3, 0.4) is 0 Å². The third kappa shape index (κ3) is 6.15. The van der Waals surface area contributed by atoms with E-state index in [0.29, 0.717) is 13.1 Å². The van der Waals surface area contributed by atoms with Crippen molar-refractivity contribution in [1.82, 2.24) is 5.32 Å². The van der Waals surface area contributed by atoms with E-state index in [0.717, 1.165) is 6.42 Å². The van der Waals surface area contributed by atoms with Crippen molar-refractivity contribution in [3.05, 3.63) is 0 Å². The van der Waals surface area contributed by atoms with E-state index in [4.69, 9.17) is 10.8 Å². The molecule has 0 saturated carbocycles. The molecule has 11 heavy (non-hydrogen) atoms. The molecule has 5 heteroatoms. The van der Waals surface area contributed by atoms with Crippen molar-refractivity contribution < 1.29 is 13.9 Å². The molecule has 0 aliphatic heterocycles. The molecule has 0 radical (unpaired) electrons. The predicted molar refractivity (Wildman–Crippen MR) is 38.6 cm³/mol. The van der Waals surface area contributed by atoms with Crippen molar-refractivity contribution in [2.75, 3.05) is 19.6 Å². The highest BCUT2D eigenvalue weighted by atomic mass is 19.3. The molecule has 0 aliphatic rings. The Kier molecular flexibility index (Phi) is 6.30. The number of aliphatic hydroxyl groups excluding tert-OH is 1. The first kappa shape index (κ1) is 10.7. The van der Waals surface area contributed by atoms with Crippen molar-refractivity contribution in [3.63, 3.8) is 0 Å². The van der Waals surface area contributed by atoms with Gasteiger partial charge in [0.2, 0.25) is 0 Å². The molecule has 68 valence electrons. The lowest BCUT2D eigenvalue weighted by Crippen LogP contribution is -2.33. The van der Waals surface area contributed by atoms with E-state index in [-0.39, 0.29) is 6.54 Å². The Hall–Kier alpha value is -0.260. The smallest absolute Gasteiger partial charge is 0.265 e. The van der Waals surface area contributed by atoms with Crippen LogP contribution in [-0.2, 0) is 0 Å². The zero-order chi connectivity index (χ0) is 8.69. The second kappa shape index (κ2) is 6.45. The summed E-state index contributed by atoms with van der Waals surface area (Å²) in [4.78, 5) is 0. The van der Waals surface area contributed by atoms with E-state index in [9.17, 15) is 8.78 Å². The number of hydrogen-bond donors (Lipinski definition) is 3. The second-order valence-corrected chi connectivity index (χ2v) is 2.25. The number of alkyl halides is 2. The fourth-order valence-electron chi connectivity index (χ4n) is 0.566. The van der Waals surface area contributed by atoms with E-state index in [1.807, 2.05) is 0 Å². The Labute approximate surface area is 64.6 Å². The van der Waals surface area contributed by atoms with Crippen LogP contribution in [-0.4, -0.2) is 37.3 Å². The van der Waals surface area contributed by atoms with Gasteiger partial charge in [-0.2, -0.15) is 0 Å². The maximum atomic E-state index is 11.6. The monoisotopic (exact) mass is 168 g/mol. The number of rotatable bonds is 6. The van der Waals surface area contributed by atoms with E-state index in [1.54, 1.807) is 0 Å². The van der Waals surface area contributed by atoms with E-state index >= 15 is 0 Å². The van der Waals surface area contributed by atoms with Crippen LogP contribution in [0.25, 0.3) is 0 Å². The first-order valence-electron chi connectivity index (χ1n) is 3.55. The Bertz CT molecular complexity index is 92.7. The van der Waals surface area contributed by atoms with E-state index in [2.05, 4.69) is 5.32 Å². The van der Waals surface area contributed by atoms with Gasteiger partial charge in [0.05, 0.1) is 0 Å². The lowest BCUT2D eigenvalue weighted by molar-refractivity contribution is -0.00313. The van der Waals surface area contributed by atoms with Crippen LogP contribution in [0.15, 0.2) is 0 Å². The molecule has 0 fully saturated rings. The molecule has 0 aromatic heterocycles. The van der Waals surface area contributed by atoms with Crippen molar-refractivity contribution in [3.8, 4) is 0 Å². The molecular formula is C6H14F2N2O. The van der Waals surface area contributed by atoms with Gasteiger partial charge in [-0.15, -0.1) is 0 Å². The molecule has 4 N–H and O–H groups in total. The minimum atomic E-state index is -2.67. The highest BCUT2D eigenvalue weighted by molar-refractivity contribution is 4.61. The van der Waals surface area contributed by atoms with Gasteiger partial charge in [-0.05, 0) is 19.5 Å². The van der Waals surface area contributed by atoms with Gasteiger partial charge >= 0.3 is 0 Å². The first-order chi connectivity index (χ1) is 5.18. The predicted octanol–water partition coefficient (Wildman–Crippen LogP) is -0.449. The van der Waals surface area contributed by atoms with Crippen LogP contribution < -0.4 is 11.1 Å². The van der Waals surface area contributed by atoms with Gasteiger partial charge in [0.15, 0.2) is 0 Å². The number of nitrogens with one attached hydrogen (secondary N) is 1. The van der Waals surface area contributed by atoms with E-state index < -0.39 is 12.5 Å². The molecule has 0 aromatic rings. The van der Waals surface area contributed by atoms with Gasteiger partial charge in [0.25, 0.3) is 6.43 Å². The summed E-state index contributed by atoms with van der Waals surface area (Å²) in [6.07, 6.45) is -3.50. The fraction of sp³-hybridized carbons (Fsp3) is 1.00. The van der Waals surface area contributed by atoms with Crippen molar-refractivity contribution in [2.45, 2.75) is 19.0 Å². The van der Waals surface area contributed by atoms with E-state index in [1.165, 1.54) is 0 Å². The van der Waals surface area contributed by atoms with Crippen molar-refractivity contribution in [2.24, 2.45) is 5.73 Å². The molecule has 0 aromatic carbocycles. The molecule has 0 spiro atoms. The second-order valence-electron chi connectivity index (χ2n) is 2.25. The zero-order valence-corrected chi connectivity index (χ0v) is 6.26. The summed E-state index contributed by atoms with van der Waals surface area (Å²) >= 11 is 0. The van der Waals surface area contributed by atoms with Crippen molar-refractivity contribution in [1.29, 1.82) is 0 Å². The lowest BCUT2D eigenvalue weighted by atomic mass is 10.3. The third-order valence-corrected chi connectivity index (χ3v) is 1.20. The quantitative estimate of drug-likeness (QED) is 0.471. The summed E-state index contributed by atoms with van der Waals surface area (Å²) in [6, 6.07) is 0. The minimum Gasteiger partial charge on any atom is -0.386 e. The van der Waals surface area contributed by atoms with Crippen LogP contribution in [0.1, 0.15) is 6.42 Å². The standard InChI is InChI=1S/C6H14F2N2O/c7-6(8)5(11)4-10-3-1-2-9/h5-6,10-11H,1-4,9H2. The molecule has 0 aliphatic carbocycles. The number of hydrogen-bond acceptors (Lipinski definition) is 3. The van der Waals surface area contributed by atoms with Crippen LogP contribution >= 0.6 is 0 Å². The Balaban J connectivity index is 3.10. The summed E-state index contributed by atoms with van der Waals surface area (Å²) in [5.74, 6) is 0. The van der Waals surface area contributed by atoms with Crippen molar-refractivity contribution >= 4 is 0 Å². The Morgan fingerprint density at radius 2 is 2.09 bits per heavy atom. The molecule has 0 bridgehead atoms. The maximum Gasteiger partial charge on any atom is 0.265 e. The normalized spacial score (nSPS) is 13.9. The summed E-state index contributed by atoms with van der Waals surface area (Å²) in [7, 11) is 0. The summed E-state index contributed by atoms with van der Waals surface area (Å²) in [5, 5.41) is 11.2. The SMILES string of the molecule is NCCCNCC(O)C(F)F. The first-order valence-corrected chi connectivity index (χ1v) is 3.55. The Morgan fingerprint density at radius 3 is 2.55 bits per heavy atom. The number of halogens is 2. The Morgan fingerprint density at radius 1 is 1.45 bits per heavy atom. The largest absolute Gasteiger partial charge is 0.386 e. The summed E-state index contributed by atoms with van der Waals surface area (Å²) < 4.78 is 23.2. The lowest BCUT2D eigenvalue weighted by Gasteiger charge is -2.09. The van der Waals surface area contributed by atoms with Gasteiger partial charge in [0.1, 0.15) is 6.10 Å². The van der Waals surface area contributed by atoms with Gasteiger partial charge in [0, 0.05) is 6.54 Å². The highest BCUT2D eigenvalue weighted by Crippen LogP contribution is 1.97. The molecule has 0 heterocycles. The van der Waals surface area contributed by atoms with Crippen LogP contribution in [0, 0.1) is 0 Å². The summed E-state index contributed by atoms with van der Waals surface area (Å²) in [5.41, 5.74) is 5.15. The average Bonchev–Trinajstić information content (AvgIpc) is 1.97. The number of nitrogens with two attached hydrogens (primary N) is 1. The third-order valence-electron chi connectivity index (χ3n) is 1.20. The maximum absolute atomic E-state index is 11.6. The average molecular weight is 168 g/mol. The highest BCUT2D eigenvalue weighted by Gasteiger charge is 2.15. The van der Waals surface area contributed by atoms with Gasteiger partial charge in [-0.25, -0.2) is 8.78 Å².